The third kappa shape index (κ3) is 5.26. The summed E-state index contributed by atoms with van der Waals surface area (Å²) in [5, 5.41) is 10.3. The lowest BCUT2D eigenvalue weighted by Crippen LogP contribution is -2.47. The zero-order chi connectivity index (χ0) is 22.4. The van der Waals surface area contributed by atoms with Gasteiger partial charge in [0.2, 0.25) is 5.92 Å². The molecule has 0 radical (unpaired) electrons. The van der Waals surface area contributed by atoms with Crippen molar-refractivity contribution in [1.82, 2.24) is 4.90 Å². The standard InChI is InChI=1S/C18H20N2O9S/c1-27-16(22)14(17(23)28-2)15(21)13-7-12(30)8-19(13)18(24)29-9-10-3-5-11(6-4-10)20(25)26/h3-6,12-14,30H,7-9H2,1-2H3/t12-,13-/m0/s1. The van der Waals surface area contributed by atoms with Crippen LogP contribution in [0.2, 0.25) is 0 Å². The molecule has 162 valence electrons. The summed E-state index contributed by atoms with van der Waals surface area (Å²) in [4.78, 5) is 60.4. The lowest BCUT2D eigenvalue weighted by molar-refractivity contribution is -0.384. The number of rotatable bonds is 7. The van der Waals surface area contributed by atoms with E-state index in [1.54, 1.807) is 0 Å². The molecule has 1 aromatic carbocycles. The first kappa shape index (κ1) is 23.1. The average molecular weight is 440 g/mol. The monoisotopic (exact) mass is 440 g/mol. The van der Waals surface area contributed by atoms with Crippen molar-refractivity contribution >= 4 is 42.1 Å². The predicted octanol–water partition coefficient (Wildman–Crippen LogP) is 1.14. The summed E-state index contributed by atoms with van der Waals surface area (Å²) in [7, 11) is 2.05. The van der Waals surface area contributed by atoms with Gasteiger partial charge in [-0.3, -0.25) is 29.4 Å². The molecule has 1 saturated heterocycles. The summed E-state index contributed by atoms with van der Waals surface area (Å²) in [6, 6.07) is 4.28. The second-order valence-corrected chi connectivity index (χ2v) is 7.15. The van der Waals surface area contributed by atoms with Gasteiger partial charge in [0.15, 0.2) is 5.78 Å². The van der Waals surface area contributed by atoms with Crippen LogP contribution in [0.4, 0.5) is 10.5 Å². The van der Waals surface area contributed by atoms with Crippen LogP contribution in [0, 0.1) is 16.0 Å². The normalized spacial score (nSPS) is 18.1. The molecular formula is C18H20N2O9S. The van der Waals surface area contributed by atoms with Crippen molar-refractivity contribution in [3.8, 4) is 0 Å². The molecule has 12 heteroatoms. The highest BCUT2D eigenvalue weighted by molar-refractivity contribution is 7.81. The molecule has 30 heavy (non-hydrogen) atoms. The molecule has 0 aliphatic carbocycles. The van der Waals surface area contributed by atoms with E-state index < -0.39 is 40.7 Å². The van der Waals surface area contributed by atoms with E-state index in [4.69, 9.17) is 4.74 Å². The second kappa shape index (κ2) is 10.1. The molecule has 1 aromatic rings. The third-order valence-corrected chi connectivity index (χ3v) is 4.88. The highest BCUT2D eigenvalue weighted by atomic mass is 32.1. The molecule has 1 heterocycles. The Bertz CT molecular complexity index is 827. The number of likely N-dealkylation sites (tertiary alicyclic amines) is 1. The number of amides is 1. The van der Waals surface area contributed by atoms with Gasteiger partial charge in [-0.15, -0.1) is 0 Å². The first-order valence-corrected chi connectivity index (χ1v) is 9.25. The Morgan fingerprint density at radius 2 is 1.73 bits per heavy atom. The van der Waals surface area contributed by atoms with Crippen molar-refractivity contribution in [2.75, 3.05) is 20.8 Å². The molecule has 0 saturated carbocycles. The summed E-state index contributed by atoms with van der Waals surface area (Å²) < 4.78 is 14.2. The number of nitro benzene ring substituents is 1. The van der Waals surface area contributed by atoms with Gasteiger partial charge in [-0.05, 0) is 24.1 Å². The van der Waals surface area contributed by atoms with Crippen LogP contribution in [-0.2, 0) is 35.2 Å². The number of ketones is 1. The number of esters is 2. The number of hydrogen-bond donors (Lipinski definition) is 1. The van der Waals surface area contributed by atoms with E-state index in [0.717, 1.165) is 19.1 Å². The fraction of sp³-hybridized carbons (Fsp3) is 0.444. The largest absolute Gasteiger partial charge is 0.468 e. The number of nitrogens with zero attached hydrogens (tertiary/aromatic N) is 2. The van der Waals surface area contributed by atoms with E-state index in [-0.39, 0.29) is 30.5 Å². The van der Waals surface area contributed by atoms with Crippen molar-refractivity contribution in [2.45, 2.75) is 24.3 Å². The van der Waals surface area contributed by atoms with Crippen LogP contribution in [0.25, 0.3) is 0 Å². The van der Waals surface area contributed by atoms with E-state index in [9.17, 15) is 29.3 Å². The molecule has 1 aliphatic heterocycles. The summed E-state index contributed by atoms with van der Waals surface area (Å²) in [6.07, 6.45) is -0.740. The van der Waals surface area contributed by atoms with Gasteiger partial charge in [0.1, 0.15) is 6.61 Å². The van der Waals surface area contributed by atoms with Gasteiger partial charge >= 0.3 is 18.0 Å². The predicted molar refractivity (Wildman–Crippen MR) is 104 cm³/mol. The summed E-state index contributed by atoms with van der Waals surface area (Å²) >= 11 is 4.29. The molecule has 1 fully saturated rings. The quantitative estimate of drug-likeness (QED) is 0.165. The average Bonchev–Trinajstić information content (AvgIpc) is 3.13. The maximum atomic E-state index is 12.8. The lowest BCUT2D eigenvalue weighted by Gasteiger charge is -2.24. The van der Waals surface area contributed by atoms with Gasteiger partial charge in [-0.2, -0.15) is 12.6 Å². The highest BCUT2D eigenvalue weighted by Crippen LogP contribution is 2.26. The fourth-order valence-corrected chi connectivity index (χ4v) is 3.36. The van der Waals surface area contributed by atoms with Crippen LogP contribution in [-0.4, -0.2) is 65.7 Å². The summed E-state index contributed by atoms with van der Waals surface area (Å²) in [5.41, 5.74) is 0.394. The number of thiol groups is 1. The lowest BCUT2D eigenvalue weighted by atomic mass is 9.96. The zero-order valence-electron chi connectivity index (χ0n) is 16.2. The number of carbonyl (C=O) groups excluding carboxylic acids is 4. The van der Waals surface area contributed by atoms with Crippen molar-refractivity contribution in [1.29, 1.82) is 0 Å². The van der Waals surface area contributed by atoms with Crippen LogP contribution >= 0.6 is 12.6 Å². The maximum Gasteiger partial charge on any atom is 0.410 e. The molecule has 0 bridgehead atoms. The van der Waals surface area contributed by atoms with Gasteiger partial charge in [0, 0.05) is 23.9 Å². The molecule has 0 unspecified atom stereocenters. The molecule has 0 N–H and O–H groups in total. The number of non-ortho nitro benzene ring substituents is 1. The van der Waals surface area contributed by atoms with Gasteiger partial charge in [0.25, 0.3) is 5.69 Å². The molecule has 0 spiro atoms. The first-order chi connectivity index (χ1) is 14.2. The molecule has 2 rings (SSSR count). The Morgan fingerprint density at radius 1 is 1.17 bits per heavy atom. The van der Waals surface area contributed by atoms with Crippen molar-refractivity contribution in [2.24, 2.45) is 5.92 Å². The topological polar surface area (TPSA) is 142 Å². The molecule has 2 atom stereocenters. The Morgan fingerprint density at radius 3 is 2.23 bits per heavy atom. The zero-order valence-corrected chi connectivity index (χ0v) is 17.1. The Balaban J connectivity index is 2.11. The van der Waals surface area contributed by atoms with Crippen LogP contribution < -0.4 is 0 Å². The number of ether oxygens (including phenoxy) is 3. The highest BCUT2D eigenvalue weighted by Gasteiger charge is 2.47. The number of methoxy groups -OCH3 is 2. The van der Waals surface area contributed by atoms with E-state index >= 15 is 0 Å². The Hall–Kier alpha value is -3.15. The minimum Gasteiger partial charge on any atom is -0.468 e. The minimum absolute atomic E-state index is 0.0632. The molecule has 11 nitrogen and oxygen atoms in total. The van der Waals surface area contributed by atoms with Gasteiger partial charge in [-0.1, -0.05) is 0 Å². The van der Waals surface area contributed by atoms with Crippen molar-refractivity contribution < 1.29 is 38.3 Å². The van der Waals surface area contributed by atoms with Crippen LogP contribution in [0.3, 0.4) is 0 Å². The van der Waals surface area contributed by atoms with Crippen LogP contribution in [0.15, 0.2) is 24.3 Å². The SMILES string of the molecule is COC(=O)C(C(=O)OC)C(=O)[C@@H]1C[C@H](S)CN1C(=O)OCc1ccc([N+](=O)[O-])cc1. The Kier molecular flexibility index (Phi) is 7.75. The number of Topliss-reactive ketones (excluding diaryl/α,β-unsaturated/α-hetero) is 1. The second-order valence-electron chi connectivity index (χ2n) is 6.42. The van der Waals surface area contributed by atoms with Gasteiger partial charge < -0.3 is 14.2 Å². The van der Waals surface area contributed by atoms with Crippen molar-refractivity contribution in [3.05, 3.63) is 39.9 Å². The van der Waals surface area contributed by atoms with E-state index in [1.807, 2.05) is 0 Å². The number of carbonyl (C=O) groups is 4. The molecule has 1 amide bonds. The van der Waals surface area contributed by atoms with Crippen molar-refractivity contribution in [3.63, 3.8) is 0 Å². The molecular weight excluding hydrogens is 420 g/mol. The number of benzene rings is 1. The molecule has 0 aromatic heterocycles. The van der Waals surface area contributed by atoms with Crippen LogP contribution in [0.5, 0.6) is 0 Å². The third-order valence-electron chi connectivity index (χ3n) is 4.51. The summed E-state index contributed by atoms with van der Waals surface area (Å²) in [6.45, 7) is -0.128. The number of hydrogen-bond acceptors (Lipinski definition) is 10. The van der Waals surface area contributed by atoms with Crippen LogP contribution in [0.1, 0.15) is 12.0 Å². The molecule has 1 aliphatic rings. The van der Waals surface area contributed by atoms with E-state index in [1.165, 1.54) is 24.3 Å². The first-order valence-electron chi connectivity index (χ1n) is 8.73. The Labute approximate surface area is 176 Å². The maximum absolute atomic E-state index is 12.8. The fourth-order valence-electron chi connectivity index (χ4n) is 2.98. The van der Waals surface area contributed by atoms with E-state index in [2.05, 4.69) is 22.1 Å². The number of nitro groups is 1. The minimum atomic E-state index is -1.83. The van der Waals surface area contributed by atoms with Gasteiger partial charge in [-0.25, -0.2) is 4.79 Å². The van der Waals surface area contributed by atoms with E-state index in [0.29, 0.717) is 5.56 Å². The summed E-state index contributed by atoms with van der Waals surface area (Å²) in [5.74, 6) is -4.85. The van der Waals surface area contributed by atoms with Gasteiger partial charge in [0.05, 0.1) is 25.2 Å². The smallest absolute Gasteiger partial charge is 0.410 e.